The van der Waals surface area contributed by atoms with Crippen LogP contribution in [0.4, 0.5) is 10.6 Å². The second-order valence-corrected chi connectivity index (χ2v) is 8.60. The number of amides is 2. The summed E-state index contributed by atoms with van der Waals surface area (Å²) in [6.45, 7) is 10.3. The standard InChI is InChI=1S/C19H33N5O2/c1-19(2,3)16-12-17(23(4)22-16)21-18(25)20-14-7-9-24(10-8-14)13-15-6-5-11-26-15/h12,14-15H,5-11,13H2,1-4H3,(H2,20,21,25). The third-order valence-corrected chi connectivity index (χ3v) is 5.30. The van der Waals surface area contributed by atoms with Gasteiger partial charge in [-0.15, -0.1) is 0 Å². The van der Waals surface area contributed by atoms with Crippen LogP contribution in [-0.2, 0) is 17.2 Å². The van der Waals surface area contributed by atoms with Gasteiger partial charge in [0.15, 0.2) is 0 Å². The van der Waals surface area contributed by atoms with E-state index in [1.54, 1.807) is 4.68 Å². The predicted octanol–water partition coefficient (Wildman–Crippen LogP) is 2.48. The number of aryl methyl sites for hydroxylation is 1. The average Bonchev–Trinajstić information content (AvgIpc) is 3.19. The summed E-state index contributed by atoms with van der Waals surface area (Å²) in [5.41, 5.74) is 0.932. The van der Waals surface area contributed by atoms with Gasteiger partial charge in [0.1, 0.15) is 5.82 Å². The fourth-order valence-corrected chi connectivity index (χ4v) is 3.62. The number of carbonyl (C=O) groups excluding carboxylic acids is 1. The first-order valence-electron chi connectivity index (χ1n) is 9.77. The van der Waals surface area contributed by atoms with Crippen molar-refractivity contribution in [1.29, 1.82) is 0 Å². The van der Waals surface area contributed by atoms with Gasteiger partial charge >= 0.3 is 6.03 Å². The molecular formula is C19H33N5O2. The van der Waals surface area contributed by atoms with Gasteiger partial charge in [-0.3, -0.25) is 10.00 Å². The third kappa shape index (κ3) is 4.98. The van der Waals surface area contributed by atoms with Gasteiger partial charge in [-0.05, 0) is 25.7 Å². The van der Waals surface area contributed by atoms with E-state index in [1.807, 2.05) is 13.1 Å². The molecule has 0 bridgehead atoms. The van der Waals surface area contributed by atoms with Crippen LogP contribution in [-0.4, -0.2) is 59.1 Å². The molecule has 2 aliphatic heterocycles. The number of rotatable bonds is 4. The topological polar surface area (TPSA) is 71.4 Å². The molecule has 2 saturated heterocycles. The number of urea groups is 1. The Hall–Kier alpha value is -1.60. The van der Waals surface area contributed by atoms with E-state index in [0.717, 1.165) is 50.6 Å². The second-order valence-electron chi connectivity index (χ2n) is 8.60. The van der Waals surface area contributed by atoms with E-state index < -0.39 is 0 Å². The molecule has 3 rings (SSSR count). The lowest BCUT2D eigenvalue weighted by Gasteiger charge is -2.33. The molecule has 1 aromatic heterocycles. The van der Waals surface area contributed by atoms with Crippen LogP contribution in [0.3, 0.4) is 0 Å². The second kappa shape index (κ2) is 7.96. The molecule has 0 aliphatic carbocycles. The van der Waals surface area contributed by atoms with Crippen molar-refractivity contribution in [3.05, 3.63) is 11.8 Å². The van der Waals surface area contributed by atoms with Gasteiger partial charge in [-0.25, -0.2) is 4.79 Å². The van der Waals surface area contributed by atoms with Gasteiger partial charge in [-0.2, -0.15) is 5.10 Å². The molecule has 0 aromatic carbocycles. The number of carbonyl (C=O) groups is 1. The molecule has 1 aromatic rings. The third-order valence-electron chi connectivity index (χ3n) is 5.30. The maximum atomic E-state index is 12.4. The zero-order valence-corrected chi connectivity index (χ0v) is 16.5. The number of nitrogens with one attached hydrogen (secondary N) is 2. The Bertz CT molecular complexity index is 608. The summed E-state index contributed by atoms with van der Waals surface area (Å²) < 4.78 is 7.45. The van der Waals surface area contributed by atoms with Gasteiger partial charge in [0.25, 0.3) is 0 Å². The summed E-state index contributed by atoms with van der Waals surface area (Å²) in [6, 6.07) is 2.03. The van der Waals surface area contributed by atoms with Crippen LogP contribution in [0.1, 0.15) is 52.1 Å². The Balaban J connectivity index is 1.43. The van der Waals surface area contributed by atoms with E-state index in [9.17, 15) is 4.79 Å². The van der Waals surface area contributed by atoms with Crippen LogP contribution >= 0.6 is 0 Å². The van der Waals surface area contributed by atoms with Crippen molar-refractivity contribution in [2.75, 3.05) is 31.6 Å². The summed E-state index contributed by atoms with van der Waals surface area (Å²) in [4.78, 5) is 14.8. The van der Waals surface area contributed by atoms with Crippen LogP contribution in [0.25, 0.3) is 0 Å². The molecule has 1 atom stereocenters. The van der Waals surface area contributed by atoms with Crippen molar-refractivity contribution in [3.63, 3.8) is 0 Å². The molecule has 7 heteroatoms. The van der Waals surface area contributed by atoms with Gasteiger partial charge in [0.2, 0.25) is 0 Å². The predicted molar refractivity (Wildman–Crippen MR) is 102 cm³/mol. The minimum absolute atomic E-state index is 0.0377. The lowest BCUT2D eigenvalue weighted by molar-refractivity contribution is 0.0633. The number of nitrogens with zero attached hydrogens (tertiary/aromatic N) is 3. The van der Waals surface area contributed by atoms with Crippen molar-refractivity contribution in [1.82, 2.24) is 20.0 Å². The van der Waals surface area contributed by atoms with E-state index in [1.165, 1.54) is 12.8 Å². The Morgan fingerprint density at radius 1 is 1.31 bits per heavy atom. The number of likely N-dealkylation sites (tertiary alicyclic amines) is 1. The summed E-state index contributed by atoms with van der Waals surface area (Å²) >= 11 is 0. The van der Waals surface area contributed by atoms with Gasteiger partial charge < -0.3 is 15.0 Å². The van der Waals surface area contributed by atoms with E-state index in [4.69, 9.17) is 4.74 Å². The number of ether oxygens (including phenoxy) is 1. The van der Waals surface area contributed by atoms with E-state index >= 15 is 0 Å². The van der Waals surface area contributed by atoms with Gasteiger partial charge in [0.05, 0.1) is 11.8 Å². The molecule has 2 amide bonds. The molecule has 0 saturated carbocycles. The van der Waals surface area contributed by atoms with Crippen molar-refractivity contribution in [2.24, 2.45) is 7.05 Å². The van der Waals surface area contributed by atoms with E-state index in [0.29, 0.717) is 6.10 Å². The molecule has 2 aliphatic rings. The number of hydrogen-bond donors (Lipinski definition) is 2. The van der Waals surface area contributed by atoms with Crippen LogP contribution < -0.4 is 10.6 Å². The van der Waals surface area contributed by atoms with Crippen molar-refractivity contribution < 1.29 is 9.53 Å². The zero-order chi connectivity index (χ0) is 18.7. The minimum atomic E-state index is -0.147. The zero-order valence-electron chi connectivity index (χ0n) is 16.5. The number of anilines is 1. The molecule has 7 nitrogen and oxygen atoms in total. The highest BCUT2D eigenvalue weighted by Gasteiger charge is 2.25. The molecule has 2 fully saturated rings. The molecule has 3 heterocycles. The van der Waals surface area contributed by atoms with E-state index in [2.05, 4.69) is 41.4 Å². The summed E-state index contributed by atoms with van der Waals surface area (Å²) in [5.74, 6) is 0.725. The number of hydrogen-bond acceptors (Lipinski definition) is 4. The summed E-state index contributed by atoms with van der Waals surface area (Å²) in [7, 11) is 1.86. The van der Waals surface area contributed by atoms with Crippen molar-refractivity contribution >= 4 is 11.8 Å². The maximum Gasteiger partial charge on any atom is 0.320 e. The van der Waals surface area contributed by atoms with Crippen molar-refractivity contribution in [3.8, 4) is 0 Å². The smallest absolute Gasteiger partial charge is 0.320 e. The summed E-state index contributed by atoms with van der Waals surface area (Å²) in [5, 5.41) is 10.5. The monoisotopic (exact) mass is 363 g/mol. The van der Waals surface area contributed by atoms with E-state index in [-0.39, 0.29) is 17.5 Å². The fourth-order valence-electron chi connectivity index (χ4n) is 3.62. The minimum Gasteiger partial charge on any atom is -0.377 e. The maximum absolute atomic E-state index is 12.4. The Labute approximate surface area is 156 Å². The fraction of sp³-hybridized carbons (Fsp3) is 0.789. The van der Waals surface area contributed by atoms with Crippen LogP contribution in [0, 0.1) is 0 Å². The van der Waals surface area contributed by atoms with Gasteiger partial charge in [0, 0.05) is 50.8 Å². The molecular weight excluding hydrogens is 330 g/mol. The highest BCUT2D eigenvalue weighted by Crippen LogP contribution is 2.23. The molecule has 26 heavy (non-hydrogen) atoms. The van der Waals surface area contributed by atoms with Crippen LogP contribution in [0.2, 0.25) is 0 Å². The first-order chi connectivity index (χ1) is 12.3. The van der Waals surface area contributed by atoms with Crippen molar-refractivity contribution in [2.45, 2.75) is 64.0 Å². The molecule has 2 N–H and O–H groups in total. The van der Waals surface area contributed by atoms with Crippen LogP contribution in [0.5, 0.6) is 0 Å². The molecule has 146 valence electrons. The first-order valence-corrected chi connectivity index (χ1v) is 9.77. The average molecular weight is 364 g/mol. The Morgan fingerprint density at radius 2 is 2.04 bits per heavy atom. The number of aromatic nitrogens is 2. The normalized spacial score (nSPS) is 22.5. The molecule has 0 radical (unpaired) electrons. The molecule has 1 unspecified atom stereocenters. The highest BCUT2D eigenvalue weighted by atomic mass is 16.5. The van der Waals surface area contributed by atoms with Gasteiger partial charge in [-0.1, -0.05) is 20.8 Å². The van der Waals surface area contributed by atoms with Crippen LogP contribution in [0.15, 0.2) is 6.07 Å². The quantitative estimate of drug-likeness (QED) is 0.862. The largest absolute Gasteiger partial charge is 0.377 e. The number of piperidine rings is 1. The SMILES string of the molecule is Cn1nc(C(C)(C)C)cc1NC(=O)NC1CCN(CC2CCCO2)CC1. The lowest BCUT2D eigenvalue weighted by Crippen LogP contribution is -2.47. The lowest BCUT2D eigenvalue weighted by atomic mass is 9.92. The highest BCUT2D eigenvalue weighted by molar-refractivity contribution is 5.88. The Morgan fingerprint density at radius 3 is 2.62 bits per heavy atom. The Kier molecular flexibility index (Phi) is 5.87. The summed E-state index contributed by atoms with van der Waals surface area (Å²) in [6.07, 6.45) is 4.75. The molecule has 0 spiro atoms. The first kappa shape index (κ1) is 19.2.